The number of furan rings is 1. The van der Waals surface area contributed by atoms with Gasteiger partial charge in [0.25, 0.3) is 0 Å². The van der Waals surface area contributed by atoms with E-state index in [1.165, 1.54) is 0 Å². The van der Waals surface area contributed by atoms with Gasteiger partial charge in [-0.05, 0) is 19.1 Å². The summed E-state index contributed by atoms with van der Waals surface area (Å²) in [7, 11) is 1.59. The third kappa shape index (κ3) is 3.21. The summed E-state index contributed by atoms with van der Waals surface area (Å²) in [5.41, 5.74) is 0. The Labute approximate surface area is 99.8 Å². The molecule has 0 spiro atoms. The van der Waals surface area contributed by atoms with Crippen molar-refractivity contribution < 1.29 is 9.15 Å². The van der Waals surface area contributed by atoms with Gasteiger partial charge < -0.3 is 14.5 Å². The van der Waals surface area contributed by atoms with Crippen molar-refractivity contribution in [2.75, 3.05) is 12.4 Å². The number of hydrogen-bond acceptors (Lipinski definition) is 5. The minimum atomic E-state index is 0.203. The Morgan fingerprint density at radius 2 is 2.18 bits per heavy atom. The van der Waals surface area contributed by atoms with Crippen molar-refractivity contribution in [3.8, 4) is 5.75 Å². The summed E-state index contributed by atoms with van der Waals surface area (Å²) in [6.07, 6.45) is 5.73. The molecule has 2 aromatic heterocycles. The molecule has 5 heteroatoms. The van der Waals surface area contributed by atoms with Crippen LogP contribution in [0.3, 0.4) is 0 Å². The molecule has 0 bridgehead atoms. The highest BCUT2D eigenvalue weighted by Gasteiger charge is 2.07. The molecule has 0 aliphatic carbocycles. The Hall–Kier alpha value is -2.04. The molecule has 2 rings (SSSR count). The molecular formula is C12H15N3O2. The van der Waals surface area contributed by atoms with Gasteiger partial charge >= 0.3 is 0 Å². The molecule has 5 nitrogen and oxygen atoms in total. The van der Waals surface area contributed by atoms with E-state index < -0.39 is 0 Å². The first-order chi connectivity index (χ1) is 8.28. The van der Waals surface area contributed by atoms with E-state index >= 15 is 0 Å². The number of nitrogens with zero attached hydrogens (tertiary/aromatic N) is 2. The average molecular weight is 233 g/mol. The quantitative estimate of drug-likeness (QED) is 0.857. The lowest BCUT2D eigenvalue weighted by Crippen LogP contribution is -2.19. The molecule has 90 valence electrons. The molecule has 0 aliphatic heterocycles. The summed E-state index contributed by atoms with van der Waals surface area (Å²) < 4.78 is 10.3. The lowest BCUT2D eigenvalue weighted by atomic mass is 10.2. The van der Waals surface area contributed by atoms with Crippen LogP contribution < -0.4 is 10.1 Å². The lowest BCUT2D eigenvalue weighted by molar-refractivity contribution is 0.411. The summed E-state index contributed by atoms with van der Waals surface area (Å²) >= 11 is 0. The summed E-state index contributed by atoms with van der Waals surface area (Å²) in [4.78, 5) is 8.28. The van der Waals surface area contributed by atoms with Gasteiger partial charge in [0.15, 0.2) is 5.75 Å². The van der Waals surface area contributed by atoms with Crippen LogP contribution in [0.25, 0.3) is 0 Å². The minimum Gasteiger partial charge on any atom is -0.494 e. The normalized spacial score (nSPS) is 12.1. The number of rotatable bonds is 5. The third-order valence-corrected chi connectivity index (χ3v) is 2.33. The highest BCUT2D eigenvalue weighted by molar-refractivity contribution is 5.28. The zero-order valence-corrected chi connectivity index (χ0v) is 9.88. The van der Waals surface area contributed by atoms with Gasteiger partial charge in [0, 0.05) is 12.5 Å². The van der Waals surface area contributed by atoms with Crippen LogP contribution >= 0.6 is 0 Å². The van der Waals surface area contributed by atoms with Crippen molar-refractivity contribution in [3.05, 3.63) is 36.5 Å². The third-order valence-electron chi connectivity index (χ3n) is 2.33. The van der Waals surface area contributed by atoms with Gasteiger partial charge in [-0.2, -0.15) is 0 Å². The van der Waals surface area contributed by atoms with E-state index in [1.54, 1.807) is 25.8 Å². The smallest absolute Gasteiger partial charge is 0.223 e. The average Bonchev–Trinajstić information content (AvgIpc) is 2.82. The molecule has 0 fully saturated rings. The Bertz CT molecular complexity index is 439. The van der Waals surface area contributed by atoms with Crippen molar-refractivity contribution in [1.29, 1.82) is 0 Å². The van der Waals surface area contributed by atoms with Crippen LogP contribution in [0.2, 0.25) is 0 Å². The second-order valence-corrected chi connectivity index (χ2v) is 3.78. The van der Waals surface area contributed by atoms with E-state index in [-0.39, 0.29) is 6.04 Å². The molecule has 0 aliphatic rings. The fourth-order valence-electron chi connectivity index (χ4n) is 1.50. The van der Waals surface area contributed by atoms with Gasteiger partial charge in [-0.25, -0.2) is 9.97 Å². The van der Waals surface area contributed by atoms with E-state index in [0.29, 0.717) is 11.7 Å². The predicted octanol–water partition coefficient (Wildman–Crippen LogP) is 2.12. The zero-order chi connectivity index (χ0) is 12.1. The topological polar surface area (TPSA) is 60.2 Å². The molecule has 1 unspecified atom stereocenters. The predicted molar refractivity (Wildman–Crippen MR) is 64.1 cm³/mol. The molecule has 17 heavy (non-hydrogen) atoms. The summed E-state index contributed by atoms with van der Waals surface area (Å²) in [6, 6.07) is 4.04. The summed E-state index contributed by atoms with van der Waals surface area (Å²) in [5.74, 6) is 2.18. The zero-order valence-electron chi connectivity index (χ0n) is 9.88. The monoisotopic (exact) mass is 233 g/mol. The number of nitrogens with one attached hydrogen (secondary N) is 1. The number of ether oxygens (including phenoxy) is 1. The van der Waals surface area contributed by atoms with Gasteiger partial charge in [-0.3, -0.25) is 0 Å². The van der Waals surface area contributed by atoms with Gasteiger partial charge in [-0.15, -0.1) is 0 Å². The maximum atomic E-state index is 5.28. The van der Waals surface area contributed by atoms with E-state index in [9.17, 15) is 0 Å². The molecule has 1 N–H and O–H groups in total. The number of anilines is 1. The number of methoxy groups -OCH3 is 1. The van der Waals surface area contributed by atoms with E-state index in [0.717, 1.165) is 12.2 Å². The first-order valence-corrected chi connectivity index (χ1v) is 5.43. The number of aromatic nitrogens is 2. The van der Waals surface area contributed by atoms with Gasteiger partial charge in [0.1, 0.15) is 5.76 Å². The highest BCUT2D eigenvalue weighted by Crippen LogP contribution is 2.10. The second kappa shape index (κ2) is 5.34. The SMILES string of the molecule is COc1cnc(NC(C)Cc2ccco2)nc1. The Balaban J connectivity index is 1.91. The first kappa shape index (κ1) is 11.4. The Morgan fingerprint density at radius 1 is 1.41 bits per heavy atom. The largest absolute Gasteiger partial charge is 0.494 e. The molecule has 2 aromatic rings. The second-order valence-electron chi connectivity index (χ2n) is 3.78. The van der Waals surface area contributed by atoms with Crippen molar-refractivity contribution in [2.24, 2.45) is 0 Å². The standard InChI is InChI=1S/C12H15N3O2/c1-9(6-10-4-3-5-17-10)15-12-13-7-11(16-2)8-14-12/h3-5,7-9H,6H2,1-2H3,(H,13,14,15). The van der Waals surface area contributed by atoms with E-state index in [4.69, 9.17) is 9.15 Å². The lowest BCUT2D eigenvalue weighted by Gasteiger charge is -2.12. The summed E-state index contributed by atoms with van der Waals surface area (Å²) in [5, 5.41) is 3.19. The first-order valence-electron chi connectivity index (χ1n) is 5.43. The highest BCUT2D eigenvalue weighted by atomic mass is 16.5. The van der Waals surface area contributed by atoms with Gasteiger partial charge in [0.2, 0.25) is 5.95 Å². The minimum absolute atomic E-state index is 0.203. The van der Waals surface area contributed by atoms with Gasteiger partial charge in [-0.1, -0.05) is 0 Å². The molecule has 0 amide bonds. The molecule has 0 radical (unpaired) electrons. The van der Waals surface area contributed by atoms with Crippen LogP contribution in [0.15, 0.2) is 35.2 Å². The molecule has 0 saturated heterocycles. The maximum Gasteiger partial charge on any atom is 0.223 e. The van der Waals surface area contributed by atoms with Crippen LogP contribution in [0, 0.1) is 0 Å². The van der Waals surface area contributed by atoms with Crippen molar-refractivity contribution in [3.63, 3.8) is 0 Å². The van der Waals surface area contributed by atoms with Crippen LogP contribution in [0.4, 0.5) is 5.95 Å². The maximum absolute atomic E-state index is 5.28. The van der Waals surface area contributed by atoms with Crippen LogP contribution in [0.1, 0.15) is 12.7 Å². The van der Waals surface area contributed by atoms with Crippen LogP contribution in [0.5, 0.6) is 5.75 Å². The molecule has 2 heterocycles. The Kier molecular flexibility index (Phi) is 3.59. The van der Waals surface area contributed by atoms with Crippen LogP contribution in [-0.4, -0.2) is 23.1 Å². The molecule has 0 saturated carbocycles. The van der Waals surface area contributed by atoms with Crippen LogP contribution in [-0.2, 0) is 6.42 Å². The van der Waals surface area contributed by atoms with Crippen molar-refractivity contribution in [1.82, 2.24) is 9.97 Å². The summed E-state index contributed by atoms with van der Waals surface area (Å²) in [6.45, 7) is 2.05. The fraction of sp³-hybridized carbons (Fsp3) is 0.333. The van der Waals surface area contributed by atoms with Crippen molar-refractivity contribution >= 4 is 5.95 Å². The van der Waals surface area contributed by atoms with Gasteiger partial charge in [0.05, 0.1) is 25.8 Å². The van der Waals surface area contributed by atoms with Crippen molar-refractivity contribution in [2.45, 2.75) is 19.4 Å². The van der Waals surface area contributed by atoms with E-state index in [2.05, 4.69) is 22.2 Å². The molecule has 1 atom stereocenters. The van der Waals surface area contributed by atoms with E-state index in [1.807, 2.05) is 12.1 Å². The molecular weight excluding hydrogens is 218 g/mol. The molecule has 0 aromatic carbocycles. The number of hydrogen-bond donors (Lipinski definition) is 1. The fourth-order valence-corrected chi connectivity index (χ4v) is 1.50. The Morgan fingerprint density at radius 3 is 2.76 bits per heavy atom.